The number of carbonyl (C=O) groups excluding carboxylic acids is 3. The van der Waals surface area contributed by atoms with Crippen molar-refractivity contribution in [2.45, 2.75) is 129 Å². The number of aldehydes is 2. The number of likely N-dealkylation sites (N-methyl/N-ethyl adjacent to an activating group) is 1. The molecule has 12 nitrogen and oxygen atoms in total. The molecule has 1 aliphatic heterocycles. The average Bonchev–Trinajstić information content (AvgIpc) is 3.65. The Labute approximate surface area is 350 Å². The van der Waals surface area contributed by atoms with Gasteiger partial charge in [0.15, 0.2) is 12.2 Å². The quantitative estimate of drug-likeness (QED) is 0.0167. The first-order chi connectivity index (χ1) is 27.8. The van der Waals surface area contributed by atoms with Gasteiger partial charge in [0, 0.05) is 82.1 Å². The van der Waals surface area contributed by atoms with Crippen molar-refractivity contribution in [2.24, 2.45) is 27.8 Å². The molecule has 2 aromatic rings. The first kappa shape index (κ1) is 48.5. The number of allylic oxidation sites excluding steroid dienone is 1. The first-order valence-corrected chi connectivity index (χ1v) is 21.7. The predicted octanol–water partition coefficient (Wildman–Crippen LogP) is 7.67. The first-order valence-electron chi connectivity index (χ1n) is 20.9. The number of benzene rings is 1. The maximum atomic E-state index is 12.1. The number of carbonyl (C=O) groups is 3. The average molecular weight is 824 g/mol. The minimum Gasteiger partial charge on any atom is -0.471 e. The standard InChI is InChI=1S/C45H69N5O7S/c1-9-10-17-44(54)49(7)21-14-12-16-23-55-22-15-11-13-20-47-28-36(48-46)25-43(57-34(6)50(8)41(30-52)31(2)3)39-19-18-35(40-27-38(29-51)58-45(39)40)24-37-26-42(53)32(4)33(5)56-37/h9,18-19,27-33,37,41-43,53H,1,6,10-17,20-26,46H2,2-5,7-8H3. The lowest BCUT2D eigenvalue weighted by Gasteiger charge is -2.36. The zero-order chi connectivity index (χ0) is 42.6. The molecule has 0 bridgehead atoms. The van der Waals surface area contributed by atoms with E-state index < -0.39 is 18.2 Å². The van der Waals surface area contributed by atoms with Crippen LogP contribution in [0.2, 0.25) is 0 Å². The van der Waals surface area contributed by atoms with Gasteiger partial charge in [-0.3, -0.25) is 14.6 Å². The number of hydrazone groups is 1. The molecule has 3 N–H and O–H groups in total. The SMILES string of the molecule is C=CCCC(=O)N(C)CCCCCOCCCCCN=CC(CC(OC(=C)N(C)C(C=O)C(C)C)c1ccc(CC2CC(O)C(C)C(C)O2)c2cc(C=O)sc12)=NN. The van der Waals surface area contributed by atoms with Crippen LogP contribution in [0.15, 0.2) is 53.4 Å². The minimum atomic E-state index is -0.616. The molecule has 322 valence electrons. The van der Waals surface area contributed by atoms with Gasteiger partial charge in [-0.1, -0.05) is 39.0 Å². The Morgan fingerprint density at radius 1 is 1.12 bits per heavy atom. The molecule has 0 spiro atoms. The summed E-state index contributed by atoms with van der Waals surface area (Å²) in [4.78, 5) is 44.9. The monoisotopic (exact) mass is 823 g/mol. The minimum absolute atomic E-state index is 0.0276. The van der Waals surface area contributed by atoms with E-state index in [1.165, 1.54) is 11.3 Å². The second kappa shape index (κ2) is 25.5. The van der Waals surface area contributed by atoms with Crippen LogP contribution in [0.1, 0.15) is 119 Å². The summed E-state index contributed by atoms with van der Waals surface area (Å²) in [6.45, 7) is 18.6. The molecule has 6 atom stereocenters. The number of hydrogen-bond donors (Lipinski definition) is 2. The van der Waals surface area contributed by atoms with Crippen molar-refractivity contribution in [2.75, 3.05) is 40.4 Å². The lowest BCUT2D eigenvalue weighted by atomic mass is 9.88. The lowest BCUT2D eigenvalue weighted by Crippen LogP contribution is -2.42. The number of rotatable bonds is 28. The molecule has 0 radical (unpaired) electrons. The van der Waals surface area contributed by atoms with E-state index >= 15 is 0 Å². The number of thiophene rings is 1. The van der Waals surface area contributed by atoms with Crippen molar-refractivity contribution in [3.05, 3.63) is 59.3 Å². The number of aliphatic hydroxyl groups excluding tert-OH is 1. The van der Waals surface area contributed by atoms with Crippen LogP contribution < -0.4 is 5.84 Å². The van der Waals surface area contributed by atoms with Crippen molar-refractivity contribution in [3.8, 4) is 0 Å². The fourth-order valence-corrected chi connectivity index (χ4v) is 8.22. The highest BCUT2D eigenvalue weighted by Gasteiger charge is 2.33. The number of aliphatic imine (C=N–C) groups is 1. The topological polar surface area (TPSA) is 156 Å². The van der Waals surface area contributed by atoms with Gasteiger partial charge in [-0.2, -0.15) is 5.10 Å². The highest BCUT2D eigenvalue weighted by molar-refractivity contribution is 7.20. The van der Waals surface area contributed by atoms with E-state index in [0.29, 0.717) is 55.3 Å². The number of amides is 1. The van der Waals surface area contributed by atoms with Gasteiger partial charge in [0.25, 0.3) is 0 Å². The van der Waals surface area contributed by atoms with Crippen molar-refractivity contribution in [1.82, 2.24) is 9.80 Å². The van der Waals surface area contributed by atoms with Gasteiger partial charge in [0.1, 0.15) is 12.4 Å². The Morgan fingerprint density at radius 3 is 2.48 bits per heavy atom. The van der Waals surface area contributed by atoms with Crippen LogP contribution in [-0.2, 0) is 30.2 Å². The van der Waals surface area contributed by atoms with Crippen molar-refractivity contribution in [3.63, 3.8) is 0 Å². The molecule has 0 aliphatic carbocycles. The molecule has 1 aliphatic rings. The number of nitrogens with zero attached hydrogens (tertiary/aromatic N) is 4. The third-order valence-electron chi connectivity index (χ3n) is 11.1. The number of aliphatic hydroxyl groups is 1. The van der Waals surface area contributed by atoms with Crippen LogP contribution in [0.5, 0.6) is 0 Å². The molecule has 3 rings (SSSR count). The molecule has 0 saturated carbocycles. The maximum absolute atomic E-state index is 12.1. The van der Waals surface area contributed by atoms with Gasteiger partial charge in [-0.25, -0.2) is 0 Å². The summed E-state index contributed by atoms with van der Waals surface area (Å²) in [5.74, 6) is 6.50. The van der Waals surface area contributed by atoms with E-state index in [2.05, 4.69) is 23.3 Å². The maximum Gasteiger partial charge on any atom is 0.222 e. The van der Waals surface area contributed by atoms with E-state index in [9.17, 15) is 19.5 Å². The summed E-state index contributed by atoms with van der Waals surface area (Å²) in [5, 5.41) is 15.7. The number of fused-ring (bicyclic) bond motifs is 1. The van der Waals surface area contributed by atoms with E-state index in [4.69, 9.17) is 20.1 Å². The summed E-state index contributed by atoms with van der Waals surface area (Å²) in [6, 6.07) is 5.51. The Kier molecular flexibility index (Phi) is 21.3. The Morgan fingerprint density at radius 2 is 1.84 bits per heavy atom. The molecule has 1 aromatic carbocycles. The highest BCUT2D eigenvalue weighted by Crippen LogP contribution is 2.39. The van der Waals surface area contributed by atoms with Gasteiger partial charge in [0.2, 0.25) is 5.91 Å². The van der Waals surface area contributed by atoms with Gasteiger partial charge < -0.3 is 39.8 Å². The van der Waals surface area contributed by atoms with Gasteiger partial charge in [-0.15, -0.1) is 17.9 Å². The third kappa shape index (κ3) is 15.0. The summed E-state index contributed by atoms with van der Waals surface area (Å²) in [7, 11) is 3.64. The van der Waals surface area contributed by atoms with Crippen LogP contribution in [0, 0.1) is 11.8 Å². The summed E-state index contributed by atoms with van der Waals surface area (Å²) in [5.41, 5.74) is 2.38. The molecule has 2 heterocycles. The van der Waals surface area contributed by atoms with Crippen LogP contribution in [0.3, 0.4) is 0 Å². The number of unbranched alkanes of at least 4 members (excludes halogenated alkanes) is 4. The van der Waals surface area contributed by atoms with E-state index in [-0.39, 0.29) is 36.4 Å². The largest absolute Gasteiger partial charge is 0.471 e. The fourth-order valence-electron chi connectivity index (χ4n) is 7.15. The smallest absolute Gasteiger partial charge is 0.222 e. The predicted molar refractivity (Wildman–Crippen MR) is 236 cm³/mol. The molecule has 1 fully saturated rings. The number of hydrogen-bond acceptors (Lipinski definition) is 12. The van der Waals surface area contributed by atoms with Gasteiger partial charge in [0.05, 0.1) is 34.9 Å². The Balaban J connectivity index is 1.63. The van der Waals surface area contributed by atoms with Crippen molar-refractivity contribution in [1.29, 1.82) is 0 Å². The number of nitrogens with two attached hydrogens (primary N) is 1. The Bertz CT molecular complexity index is 1660. The second-order valence-corrected chi connectivity index (χ2v) is 17.0. The lowest BCUT2D eigenvalue weighted by molar-refractivity contribution is -0.129. The molecular weight excluding hydrogens is 755 g/mol. The zero-order valence-corrected chi connectivity index (χ0v) is 36.6. The zero-order valence-electron chi connectivity index (χ0n) is 35.8. The van der Waals surface area contributed by atoms with Gasteiger partial charge in [-0.05, 0) is 87.8 Å². The van der Waals surface area contributed by atoms with Crippen LogP contribution in [-0.4, -0.2) is 110 Å². The number of ether oxygens (including phenoxy) is 3. The molecule has 1 saturated heterocycles. The normalized spacial score (nSPS) is 19.6. The van der Waals surface area contributed by atoms with Gasteiger partial charge >= 0.3 is 0 Å². The highest BCUT2D eigenvalue weighted by atomic mass is 32.1. The third-order valence-corrected chi connectivity index (χ3v) is 12.2. The van der Waals surface area contributed by atoms with Crippen LogP contribution in [0.4, 0.5) is 0 Å². The Hall–Kier alpha value is -3.91. The van der Waals surface area contributed by atoms with E-state index in [1.807, 2.05) is 52.9 Å². The summed E-state index contributed by atoms with van der Waals surface area (Å²) in [6.07, 6.45) is 12.3. The summed E-state index contributed by atoms with van der Waals surface area (Å²) >= 11 is 1.39. The second-order valence-electron chi connectivity index (χ2n) is 15.9. The van der Waals surface area contributed by atoms with Crippen molar-refractivity contribution >= 4 is 51.8 Å². The van der Waals surface area contributed by atoms with Crippen LogP contribution >= 0.6 is 11.3 Å². The molecule has 1 amide bonds. The molecule has 58 heavy (non-hydrogen) atoms. The van der Waals surface area contributed by atoms with Crippen LogP contribution in [0.25, 0.3) is 10.1 Å². The molecule has 13 heteroatoms. The molecule has 1 aromatic heterocycles. The van der Waals surface area contributed by atoms with E-state index in [0.717, 1.165) is 85.5 Å². The van der Waals surface area contributed by atoms with E-state index in [1.54, 1.807) is 29.1 Å². The molecule has 6 unspecified atom stereocenters. The molecular formula is C45H69N5O7S. The summed E-state index contributed by atoms with van der Waals surface area (Å²) < 4.78 is 19.6. The fraction of sp³-hybridized carbons (Fsp3) is 0.622. The van der Waals surface area contributed by atoms with Crippen molar-refractivity contribution < 1.29 is 33.7 Å².